The standard InChI is InChI=1S/C18H32O4/c1-4-5-6-7-8-11-17(15(19)20)12-9-10-13-18(17,14(2)3)16(21)22/h14H,4-13H2,1-3H3,(H,19,20)(H,21,22). The molecule has 1 rings (SSSR count). The van der Waals surface area contributed by atoms with Crippen LogP contribution in [0.4, 0.5) is 0 Å². The molecule has 0 saturated heterocycles. The number of hydrogen-bond acceptors (Lipinski definition) is 2. The first kappa shape index (κ1) is 19.0. The van der Waals surface area contributed by atoms with Gasteiger partial charge in [0.1, 0.15) is 0 Å². The van der Waals surface area contributed by atoms with Crippen LogP contribution in [-0.4, -0.2) is 22.2 Å². The lowest BCUT2D eigenvalue weighted by molar-refractivity contribution is -0.187. The maximum atomic E-state index is 12.2. The number of carboxylic acids is 2. The van der Waals surface area contributed by atoms with Crippen LogP contribution >= 0.6 is 0 Å². The van der Waals surface area contributed by atoms with Crippen molar-refractivity contribution in [3.8, 4) is 0 Å². The van der Waals surface area contributed by atoms with Gasteiger partial charge >= 0.3 is 11.9 Å². The van der Waals surface area contributed by atoms with E-state index in [1.807, 2.05) is 13.8 Å². The summed E-state index contributed by atoms with van der Waals surface area (Å²) in [4.78, 5) is 24.3. The van der Waals surface area contributed by atoms with Gasteiger partial charge in [-0.25, -0.2) is 0 Å². The molecule has 1 saturated carbocycles. The fourth-order valence-corrected chi connectivity index (χ4v) is 4.48. The molecule has 128 valence electrons. The van der Waals surface area contributed by atoms with Crippen LogP contribution in [0.1, 0.15) is 85.0 Å². The zero-order valence-corrected chi connectivity index (χ0v) is 14.4. The van der Waals surface area contributed by atoms with Crippen LogP contribution in [0.2, 0.25) is 0 Å². The second-order valence-corrected chi connectivity index (χ2v) is 7.19. The van der Waals surface area contributed by atoms with Gasteiger partial charge in [0.05, 0.1) is 10.8 Å². The summed E-state index contributed by atoms with van der Waals surface area (Å²) in [6, 6.07) is 0. The molecule has 0 aromatic heterocycles. The Bertz CT molecular complexity index is 391. The molecule has 0 amide bonds. The Morgan fingerprint density at radius 3 is 2.05 bits per heavy atom. The lowest BCUT2D eigenvalue weighted by Gasteiger charge is -2.51. The highest BCUT2D eigenvalue weighted by atomic mass is 16.4. The summed E-state index contributed by atoms with van der Waals surface area (Å²) < 4.78 is 0. The summed E-state index contributed by atoms with van der Waals surface area (Å²) in [6.07, 6.45) is 8.35. The quantitative estimate of drug-likeness (QED) is 0.604. The molecule has 1 fully saturated rings. The first-order chi connectivity index (χ1) is 10.3. The first-order valence-electron chi connectivity index (χ1n) is 8.82. The van der Waals surface area contributed by atoms with Crippen molar-refractivity contribution in [1.82, 2.24) is 0 Å². The van der Waals surface area contributed by atoms with Crippen LogP contribution in [0.5, 0.6) is 0 Å². The summed E-state index contributed by atoms with van der Waals surface area (Å²) in [6.45, 7) is 5.89. The SMILES string of the molecule is CCCCCCCC1(C(=O)O)CCCCC1(C(=O)O)C(C)C. The van der Waals surface area contributed by atoms with Gasteiger partial charge in [-0.05, 0) is 25.2 Å². The molecular formula is C18H32O4. The van der Waals surface area contributed by atoms with Crippen molar-refractivity contribution in [2.24, 2.45) is 16.7 Å². The molecule has 4 heteroatoms. The molecule has 1 aliphatic rings. The van der Waals surface area contributed by atoms with Crippen molar-refractivity contribution < 1.29 is 19.8 Å². The van der Waals surface area contributed by atoms with Crippen molar-refractivity contribution >= 4 is 11.9 Å². The van der Waals surface area contributed by atoms with Gasteiger partial charge in [0, 0.05) is 0 Å². The van der Waals surface area contributed by atoms with Gasteiger partial charge in [-0.15, -0.1) is 0 Å². The minimum Gasteiger partial charge on any atom is -0.481 e. The van der Waals surface area contributed by atoms with Gasteiger partial charge in [-0.3, -0.25) is 9.59 Å². The zero-order valence-electron chi connectivity index (χ0n) is 14.4. The molecule has 4 nitrogen and oxygen atoms in total. The second kappa shape index (κ2) is 7.98. The Kier molecular flexibility index (Phi) is 6.89. The maximum Gasteiger partial charge on any atom is 0.311 e. The van der Waals surface area contributed by atoms with Crippen molar-refractivity contribution in [2.45, 2.75) is 85.0 Å². The number of carbonyl (C=O) groups is 2. The van der Waals surface area contributed by atoms with E-state index in [0.29, 0.717) is 19.3 Å². The highest BCUT2D eigenvalue weighted by Crippen LogP contribution is 2.58. The third-order valence-electron chi connectivity index (χ3n) is 5.76. The average molecular weight is 312 g/mol. The number of unbranched alkanes of at least 4 members (excludes halogenated alkanes) is 4. The third kappa shape index (κ3) is 3.31. The Balaban J connectivity index is 3.04. The Morgan fingerprint density at radius 2 is 1.55 bits per heavy atom. The van der Waals surface area contributed by atoms with E-state index in [9.17, 15) is 19.8 Å². The molecule has 0 radical (unpaired) electrons. The molecule has 2 unspecified atom stereocenters. The van der Waals surface area contributed by atoms with E-state index in [1.165, 1.54) is 0 Å². The summed E-state index contributed by atoms with van der Waals surface area (Å²) in [5, 5.41) is 19.9. The second-order valence-electron chi connectivity index (χ2n) is 7.19. The molecule has 0 aliphatic heterocycles. The molecule has 0 heterocycles. The van der Waals surface area contributed by atoms with Crippen molar-refractivity contribution in [2.75, 3.05) is 0 Å². The zero-order chi connectivity index (χ0) is 16.8. The molecule has 1 aliphatic carbocycles. The van der Waals surface area contributed by atoms with E-state index in [2.05, 4.69) is 6.92 Å². The molecule has 0 bridgehead atoms. The third-order valence-corrected chi connectivity index (χ3v) is 5.76. The van der Waals surface area contributed by atoms with E-state index in [1.54, 1.807) is 0 Å². The van der Waals surface area contributed by atoms with Gasteiger partial charge in [-0.1, -0.05) is 65.7 Å². The Morgan fingerprint density at radius 1 is 0.955 bits per heavy atom. The summed E-state index contributed by atoms with van der Waals surface area (Å²) >= 11 is 0. The van der Waals surface area contributed by atoms with Crippen LogP contribution in [0.25, 0.3) is 0 Å². The van der Waals surface area contributed by atoms with Crippen LogP contribution < -0.4 is 0 Å². The maximum absolute atomic E-state index is 12.2. The van der Waals surface area contributed by atoms with Gasteiger partial charge in [0.2, 0.25) is 0 Å². The van der Waals surface area contributed by atoms with Gasteiger partial charge in [-0.2, -0.15) is 0 Å². The van der Waals surface area contributed by atoms with E-state index < -0.39 is 22.8 Å². The molecule has 2 N–H and O–H groups in total. The number of aliphatic carboxylic acids is 2. The van der Waals surface area contributed by atoms with E-state index in [-0.39, 0.29) is 5.92 Å². The average Bonchev–Trinajstić information content (AvgIpc) is 2.46. The molecule has 0 spiro atoms. The highest BCUT2D eigenvalue weighted by molar-refractivity contribution is 5.87. The Labute approximate surface area is 134 Å². The predicted octanol–water partition coefficient (Wildman–Crippen LogP) is 4.72. The predicted molar refractivity (Wildman–Crippen MR) is 86.8 cm³/mol. The van der Waals surface area contributed by atoms with Gasteiger partial charge in [0.25, 0.3) is 0 Å². The molecule has 0 aromatic carbocycles. The van der Waals surface area contributed by atoms with E-state index in [4.69, 9.17) is 0 Å². The minimum absolute atomic E-state index is 0.169. The number of rotatable bonds is 9. The fourth-order valence-electron chi connectivity index (χ4n) is 4.48. The molecule has 0 aromatic rings. The largest absolute Gasteiger partial charge is 0.481 e. The van der Waals surface area contributed by atoms with Crippen molar-refractivity contribution in [3.05, 3.63) is 0 Å². The molecular weight excluding hydrogens is 280 g/mol. The van der Waals surface area contributed by atoms with E-state index >= 15 is 0 Å². The Hall–Kier alpha value is -1.06. The van der Waals surface area contributed by atoms with Gasteiger partial charge in [0.15, 0.2) is 0 Å². The lowest BCUT2D eigenvalue weighted by atomic mass is 9.50. The van der Waals surface area contributed by atoms with Crippen LogP contribution in [0, 0.1) is 16.7 Å². The monoisotopic (exact) mass is 312 g/mol. The minimum atomic E-state index is -1.12. The van der Waals surface area contributed by atoms with Gasteiger partial charge < -0.3 is 10.2 Å². The lowest BCUT2D eigenvalue weighted by Crippen LogP contribution is -2.57. The topological polar surface area (TPSA) is 74.6 Å². The molecule has 2 atom stereocenters. The summed E-state index contributed by atoms with van der Waals surface area (Å²) in [7, 11) is 0. The molecule has 22 heavy (non-hydrogen) atoms. The number of carboxylic acid groups (broad SMARTS) is 2. The van der Waals surface area contributed by atoms with Crippen molar-refractivity contribution in [1.29, 1.82) is 0 Å². The first-order valence-corrected chi connectivity index (χ1v) is 8.82. The fraction of sp³-hybridized carbons (Fsp3) is 0.889. The number of hydrogen-bond donors (Lipinski definition) is 2. The van der Waals surface area contributed by atoms with E-state index in [0.717, 1.165) is 44.9 Å². The van der Waals surface area contributed by atoms with Crippen molar-refractivity contribution in [3.63, 3.8) is 0 Å². The highest BCUT2D eigenvalue weighted by Gasteiger charge is 2.63. The summed E-state index contributed by atoms with van der Waals surface area (Å²) in [5.74, 6) is -1.99. The van der Waals surface area contributed by atoms with Crippen LogP contribution in [0.3, 0.4) is 0 Å². The summed E-state index contributed by atoms with van der Waals surface area (Å²) in [5.41, 5.74) is -2.22. The normalized spacial score (nSPS) is 28.7. The smallest absolute Gasteiger partial charge is 0.311 e. The van der Waals surface area contributed by atoms with Crippen LogP contribution in [-0.2, 0) is 9.59 Å². The van der Waals surface area contributed by atoms with Crippen LogP contribution in [0.15, 0.2) is 0 Å².